The van der Waals surface area contributed by atoms with E-state index in [1.165, 1.54) is 12.8 Å². The lowest BCUT2D eigenvalue weighted by Gasteiger charge is -2.32. The molecule has 5 nitrogen and oxygen atoms in total. The average Bonchev–Trinajstić information content (AvgIpc) is 2.54. The number of aliphatic hydroxyl groups excluding tert-OH is 1. The topological polar surface area (TPSA) is 69.6 Å². The van der Waals surface area contributed by atoms with Gasteiger partial charge in [-0.2, -0.15) is 0 Å². The van der Waals surface area contributed by atoms with E-state index in [1.54, 1.807) is 0 Å². The van der Waals surface area contributed by atoms with Crippen molar-refractivity contribution >= 4 is 9.84 Å². The maximum atomic E-state index is 11.4. The van der Waals surface area contributed by atoms with Crippen LogP contribution in [0.15, 0.2) is 0 Å². The molecule has 0 aromatic rings. The van der Waals surface area contributed by atoms with E-state index in [1.807, 2.05) is 11.9 Å². The van der Waals surface area contributed by atoms with Gasteiger partial charge in [-0.3, -0.25) is 4.90 Å². The van der Waals surface area contributed by atoms with Gasteiger partial charge in [-0.15, -0.1) is 0 Å². The molecule has 3 unspecified atom stereocenters. The van der Waals surface area contributed by atoms with Crippen molar-refractivity contribution in [2.75, 3.05) is 31.6 Å². The van der Waals surface area contributed by atoms with E-state index in [2.05, 4.69) is 5.32 Å². The predicted molar refractivity (Wildman–Crippen MR) is 66.7 cm³/mol. The number of hydrogen-bond acceptors (Lipinski definition) is 5. The first-order valence-electron chi connectivity index (χ1n) is 6.30. The number of hydrogen-bond donors (Lipinski definition) is 2. The van der Waals surface area contributed by atoms with Gasteiger partial charge in [-0.05, 0) is 26.4 Å². The summed E-state index contributed by atoms with van der Waals surface area (Å²) >= 11 is 0. The summed E-state index contributed by atoms with van der Waals surface area (Å²) in [5.41, 5.74) is 0. The maximum absolute atomic E-state index is 11.4. The molecular formula is C11H22N2O3S. The summed E-state index contributed by atoms with van der Waals surface area (Å²) < 4.78 is 22.9. The molecule has 2 heterocycles. The molecule has 2 N–H and O–H groups in total. The molecule has 0 bridgehead atoms. The third-order valence-electron chi connectivity index (χ3n) is 3.78. The number of likely N-dealkylation sites (N-methyl/N-ethyl adjacent to an activating group) is 1. The van der Waals surface area contributed by atoms with Crippen LogP contribution in [-0.2, 0) is 9.84 Å². The summed E-state index contributed by atoms with van der Waals surface area (Å²) in [6.07, 6.45) is 2.87. The first-order valence-corrected chi connectivity index (χ1v) is 8.12. The van der Waals surface area contributed by atoms with Crippen molar-refractivity contribution in [3.05, 3.63) is 0 Å². The molecule has 2 fully saturated rings. The lowest BCUT2D eigenvalue weighted by atomic mass is 10.0. The average molecular weight is 262 g/mol. The molecule has 2 rings (SSSR count). The van der Waals surface area contributed by atoms with Crippen molar-refractivity contribution in [3.63, 3.8) is 0 Å². The van der Waals surface area contributed by atoms with Crippen LogP contribution in [0, 0.1) is 0 Å². The van der Waals surface area contributed by atoms with Gasteiger partial charge in [0, 0.05) is 12.6 Å². The van der Waals surface area contributed by atoms with Crippen LogP contribution in [0.2, 0.25) is 0 Å². The van der Waals surface area contributed by atoms with Crippen LogP contribution in [0.25, 0.3) is 0 Å². The number of piperidine rings is 1. The van der Waals surface area contributed by atoms with Gasteiger partial charge in [0.15, 0.2) is 9.84 Å². The third-order valence-corrected chi connectivity index (χ3v) is 5.48. The van der Waals surface area contributed by atoms with Crippen LogP contribution < -0.4 is 5.32 Å². The van der Waals surface area contributed by atoms with Gasteiger partial charge in [-0.25, -0.2) is 8.42 Å². The minimum Gasteiger partial charge on any atom is -0.390 e. The van der Waals surface area contributed by atoms with Gasteiger partial charge in [-0.1, -0.05) is 6.42 Å². The zero-order valence-electron chi connectivity index (χ0n) is 10.3. The molecular weight excluding hydrogens is 240 g/mol. The van der Waals surface area contributed by atoms with E-state index in [-0.39, 0.29) is 17.5 Å². The molecule has 17 heavy (non-hydrogen) atoms. The molecule has 0 aromatic heterocycles. The molecule has 2 saturated heterocycles. The fourth-order valence-electron chi connectivity index (χ4n) is 2.79. The fraction of sp³-hybridized carbons (Fsp3) is 1.00. The fourth-order valence-corrected chi connectivity index (χ4v) is 4.67. The van der Waals surface area contributed by atoms with Crippen LogP contribution >= 0.6 is 0 Å². The number of aliphatic hydroxyl groups is 1. The Morgan fingerprint density at radius 1 is 1.35 bits per heavy atom. The molecule has 0 aliphatic carbocycles. The Hall–Kier alpha value is -0.170. The highest BCUT2D eigenvalue weighted by atomic mass is 32.2. The van der Waals surface area contributed by atoms with E-state index >= 15 is 0 Å². The van der Waals surface area contributed by atoms with Crippen LogP contribution in [0.5, 0.6) is 0 Å². The smallest absolute Gasteiger partial charge is 0.154 e. The van der Waals surface area contributed by atoms with E-state index in [4.69, 9.17) is 0 Å². The Morgan fingerprint density at radius 3 is 2.65 bits per heavy atom. The van der Waals surface area contributed by atoms with Crippen LogP contribution in [0.4, 0.5) is 0 Å². The molecule has 0 aromatic carbocycles. The highest BCUT2D eigenvalue weighted by molar-refractivity contribution is 7.91. The molecule has 2 aliphatic heterocycles. The number of rotatable bonds is 3. The van der Waals surface area contributed by atoms with Gasteiger partial charge >= 0.3 is 0 Å². The van der Waals surface area contributed by atoms with Crippen molar-refractivity contribution in [1.82, 2.24) is 10.2 Å². The highest BCUT2D eigenvalue weighted by Crippen LogP contribution is 2.18. The second kappa shape index (κ2) is 5.22. The van der Waals surface area contributed by atoms with E-state index in [0.29, 0.717) is 6.04 Å². The van der Waals surface area contributed by atoms with E-state index in [0.717, 1.165) is 19.5 Å². The summed E-state index contributed by atoms with van der Waals surface area (Å²) in [7, 11) is -1.13. The first-order chi connectivity index (χ1) is 7.98. The number of nitrogens with zero attached hydrogens (tertiary/aromatic N) is 1. The zero-order valence-corrected chi connectivity index (χ0v) is 11.1. The Balaban J connectivity index is 1.89. The molecule has 6 heteroatoms. The van der Waals surface area contributed by atoms with Gasteiger partial charge in [0.25, 0.3) is 0 Å². The van der Waals surface area contributed by atoms with Crippen LogP contribution in [-0.4, -0.2) is 68.3 Å². The van der Waals surface area contributed by atoms with Crippen molar-refractivity contribution in [3.8, 4) is 0 Å². The van der Waals surface area contributed by atoms with Crippen LogP contribution in [0.3, 0.4) is 0 Å². The summed E-state index contributed by atoms with van der Waals surface area (Å²) in [5, 5.41) is 13.2. The summed E-state index contributed by atoms with van der Waals surface area (Å²) in [4.78, 5) is 2.00. The minimum atomic E-state index is -3.04. The van der Waals surface area contributed by atoms with Gasteiger partial charge < -0.3 is 10.4 Å². The second-order valence-electron chi connectivity index (χ2n) is 5.30. The third kappa shape index (κ3) is 3.40. The molecule has 0 amide bonds. The molecule has 100 valence electrons. The summed E-state index contributed by atoms with van der Waals surface area (Å²) in [5.74, 6) is 0.0114. The van der Waals surface area contributed by atoms with Crippen molar-refractivity contribution in [1.29, 1.82) is 0 Å². The van der Waals surface area contributed by atoms with Gasteiger partial charge in [0.05, 0.1) is 23.7 Å². The van der Waals surface area contributed by atoms with Crippen molar-refractivity contribution < 1.29 is 13.5 Å². The number of nitrogens with one attached hydrogen (secondary N) is 1. The molecule has 0 radical (unpaired) electrons. The lowest BCUT2D eigenvalue weighted by Crippen LogP contribution is -2.48. The lowest BCUT2D eigenvalue weighted by molar-refractivity contribution is 0.0911. The second-order valence-corrected chi connectivity index (χ2v) is 7.45. The standard InChI is InChI=1S/C11H22N2O3S/c1-13(6-9-4-2-3-5-12-9)10-7-17(15,16)8-11(10)14/h9-12,14H,2-8H2,1H3. The zero-order chi connectivity index (χ0) is 12.5. The maximum Gasteiger partial charge on any atom is 0.154 e. The molecule has 2 aliphatic rings. The molecule has 3 atom stereocenters. The Bertz CT molecular complexity index is 352. The Morgan fingerprint density at radius 2 is 2.12 bits per heavy atom. The molecule has 0 saturated carbocycles. The number of sulfone groups is 1. The summed E-state index contributed by atoms with van der Waals surface area (Å²) in [6, 6.07) is 0.202. The highest BCUT2D eigenvalue weighted by Gasteiger charge is 2.39. The molecule has 0 spiro atoms. The minimum absolute atomic E-state index is 0.0832. The van der Waals surface area contributed by atoms with Crippen molar-refractivity contribution in [2.45, 2.75) is 37.5 Å². The van der Waals surface area contributed by atoms with Gasteiger partial charge in [0.1, 0.15) is 0 Å². The van der Waals surface area contributed by atoms with Crippen molar-refractivity contribution in [2.24, 2.45) is 0 Å². The SMILES string of the molecule is CN(CC1CCCCN1)C1CS(=O)(=O)CC1O. The normalized spacial score (nSPS) is 37.5. The summed E-state index contributed by atoms with van der Waals surface area (Å²) in [6.45, 7) is 1.86. The van der Waals surface area contributed by atoms with E-state index < -0.39 is 15.9 Å². The first kappa shape index (κ1) is 13.3. The largest absolute Gasteiger partial charge is 0.390 e. The van der Waals surface area contributed by atoms with E-state index in [9.17, 15) is 13.5 Å². The monoisotopic (exact) mass is 262 g/mol. The Labute approximate surface area is 103 Å². The quantitative estimate of drug-likeness (QED) is 0.698. The van der Waals surface area contributed by atoms with Crippen LogP contribution in [0.1, 0.15) is 19.3 Å². The Kier molecular flexibility index (Phi) is 4.07. The van der Waals surface area contributed by atoms with Gasteiger partial charge in [0.2, 0.25) is 0 Å². The predicted octanol–water partition coefficient (Wildman–Crippen LogP) is -0.782.